The van der Waals surface area contributed by atoms with Gasteiger partial charge >= 0.3 is 0 Å². The highest BCUT2D eigenvalue weighted by molar-refractivity contribution is 7.99. The Kier molecular flexibility index (Phi) is 4.72. The summed E-state index contributed by atoms with van der Waals surface area (Å²) in [7, 11) is 0. The summed E-state index contributed by atoms with van der Waals surface area (Å²) in [5.74, 6) is -1.45. The van der Waals surface area contributed by atoms with E-state index < -0.39 is 11.6 Å². The second kappa shape index (κ2) is 6.32. The van der Waals surface area contributed by atoms with Crippen molar-refractivity contribution in [1.29, 1.82) is 0 Å². The Morgan fingerprint density at radius 1 is 1.30 bits per heavy atom. The fourth-order valence-corrected chi connectivity index (χ4v) is 2.54. The van der Waals surface area contributed by atoms with E-state index in [9.17, 15) is 13.9 Å². The zero-order valence-electron chi connectivity index (χ0n) is 11.1. The molecular weight excluding hydrogens is 284 g/mol. The van der Waals surface area contributed by atoms with Gasteiger partial charge in [-0.1, -0.05) is 0 Å². The number of aliphatic hydroxyl groups excluding tert-OH is 1. The molecule has 0 unspecified atom stereocenters. The zero-order chi connectivity index (χ0) is 14.7. The topological polar surface area (TPSA) is 58.0 Å². The molecule has 0 saturated carbocycles. The molecule has 0 radical (unpaired) electrons. The van der Waals surface area contributed by atoms with E-state index in [1.165, 1.54) is 18.1 Å². The zero-order valence-corrected chi connectivity index (χ0v) is 11.9. The monoisotopic (exact) mass is 299 g/mol. The first-order valence-electron chi connectivity index (χ1n) is 6.06. The Hall–Kier alpha value is -1.47. The van der Waals surface area contributed by atoms with Gasteiger partial charge in [-0.05, 0) is 19.2 Å². The van der Waals surface area contributed by atoms with Crippen molar-refractivity contribution in [1.82, 2.24) is 9.97 Å². The Labute approximate surface area is 119 Å². The Bertz CT molecular complexity index is 607. The minimum absolute atomic E-state index is 0.0152. The van der Waals surface area contributed by atoms with Crippen molar-refractivity contribution < 1.29 is 13.9 Å². The van der Waals surface area contributed by atoms with Crippen LogP contribution < -0.4 is 5.32 Å². The number of aliphatic hydroxyl groups is 1. The molecule has 1 heterocycles. The fourth-order valence-electron chi connectivity index (χ4n) is 1.91. The van der Waals surface area contributed by atoms with Crippen LogP contribution in [0.25, 0.3) is 10.9 Å². The maximum Gasteiger partial charge on any atom is 0.161 e. The van der Waals surface area contributed by atoms with E-state index >= 15 is 0 Å². The summed E-state index contributed by atoms with van der Waals surface area (Å²) in [4.78, 5) is 7.99. The van der Waals surface area contributed by atoms with Crippen LogP contribution in [0.2, 0.25) is 0 Å². The number of benzene rings is 1. The number of fused-ring (bicyclic) bond motifs is 1. The molecule has 0 amide bonds. The molecule has 1 aromatic carbocycles. The highest BCUT2D eigenvalue weighted by Crippen LogP contribution is 2.24. The maximum absolute atomic E-state index is 13.4. The minimum atomic E-state index is -0.938. The first kappa shape index (κ1) is 14.9. The molecule has 0 aliphatic carbocycles. The standard InChI is InChI=1S/C13H15F2N3OS/c1-7(12(5-19)20-2)18-13-8-3-9(14)10(15)4-11(8)16-6-17-13/h3-4,6-7,12,19H,5H2,1-2H3,(H,16,17,18)/t7-,12+/m0/s1. The molecule has 20 heavy (non-hydrogen) atoms. The van der Waals surface area contributed by atoms with Crippen LogP contribution in [-0.2, 0) is 0 Å². The van der Waals surface area contributed by atoms with E-state index in [0.717, 1.165) is 12.1 Å². The van der Waals surface area contributed by atoms with Crippen LogP contribution in [0.1, 0.15) is 6.92 Å². The van der Waals surface area contributed by atoms with E-state index in [0.29, 0.717) is 16.7 Å². The van der Waals surface area contributed by atoms with E-state index in [2.05, 4.69) is 15.3 Å². The first-order chi connectivity index (χ1) is 9.56. The van der Waals surface area contributed by atoms with Gasteiger partial charge in [-0.3, -0.25) is 0 Å². The number of hydrogen-bond donors (Lipinski definition) is 2. The number of nitrogens with zero attached hydrogens (tertiary/aromatic N) is 2. The van der Waals surface area contributed by atoms with Crippen molar-refractivity contribution in [3.8, 4) is 0 Å². The predicted octanol–water partition coefficient (Wildman–Crippen LogP) is 2.43. The molecule has 0 aliphatic rings. The van der Waals surface area contributed by atoms with Gasteiger partial charge in [-0.2, -0.15) is 11.8 Å². The Morgan fingerprint density at radius 3 is 2.65 bits per heavy atom. The predicted molar refractivity (Wildman–Crippen MR) is 76.9 cm³/mol. The summed E-state index contributed by atoms with van der Waals surface area (Å²) in [6, 6.07) is 2.04. The maximum atomic E-state index is 13.4. The van der Waals surface area contributed by atoms with E-state index in [1.54, 1.807) is 0 Å². The van der Waals surface area contributed by atoms with Crippen LogP contribution in [0, 0.1) is 11.6 Å². The molecule has 7 heteroatoms. The summed E-state index contributed by atoms with van der Waals surface area (Å²) >= 11 is 1.52. The Morgan fingerprint density at radius 2 is 2.00 bits per heavy atom. The summed E-state index contributed by atoms with van der Waals surface area (Å²) in [6.45, 7) is 1.91. The van der Waals surface area contributed by atoms with Gasteiger partial charge in [-0.25, -0.2) is 18.7 Å². The van der Waals surface area contributed by atoms with E-state index in [4.69, 9.17) is 0 Å². The number of rotatable bonds is 5. The van der Waals surface area contributed by atoms with E-state index in [1.807, 2.05) is 13.2 Å². The van der Waals surface area contributed by atoms with Gasteiger partial charge in [0.1, 0.15) is 12.1 Å². The molecule has 2 rings (SSSR count). The third-order valence-corrected chi connectivity index (χ3v) is 4.24. The quantitative estimate of drug-likeness (QED) is 0.888. The van der Waals surface area contributed by atoms with Gasteiger partial charge in [0.05, 0.1) is 12.1 Å². The number of aromatic nitrogens is 2. The molecule has 2 N–H and O–H groups in total. The van der Waals surface area contributed by atoms with Gasteiger partial charge in [0.15, 0.2) is 11.6 Å². The van der Waals surface area contributed by atoms with Crippen molar-refractivity contribution >= 4 is 28.5 Å². The molecule has 108 valence electrons. The average Bonchev–Trinajstić information content (AvgIpc) is 2.42. The molecule has 0 saturated heterocycles. The van der Waals surface area contributed by atoms with Crippen LogP contribution in [-0.4, -0.2) is 39.2 Å². The van der Waals surface area contributed by atoms with Crippen molar-refractivity contribution in [3.05, 3.63) is 30.1 Å². The van der Waals surface area contributed by atoms with Gasteiger partial charge in [0, 0.05) is 22.7 Å². The van der Waals surface area contributed by atoms with Crippen LogP contribution in [0.5, 0.6) is 0 Å². The molecule has 2 atom stereocenters. The lowest BCUT2D eigenvalue weighted by Crippen LogP contribution is -2.31. The molecule has 4 nitrogen and oxygen atoms in total. The number of hydrogen-bond acceptors (Lipinski definition) is 5. The molecular formula is C13H15F2N3OS. The van der Waals surface area contributed by atoms with E-state index in [-0.39, 0.29) is 17.9 Å². The minimum Gasteiger partial charge on any atom is -0.395 e. The number of anilines is 1. The van der Waals surface area contributed by atoms with Crippen molar-refractivity contribution in [2.24, 2.45) is 0 Å². The lowest BCUT2D eigenvalue weighted by atomic mass is 10.2. The lowest BCUT2D eigenvalue weighted by molar-refractivity contribution is 0.288. The van der Waals surface area contributed by atoms with Gasteiger partial charge in [-0.15, -0.1) is 0 Å². The van der Waals surface area contributed by atoms with Gasteiger partial charge < -0.3 is 10.4 Å². The highest BCUT2D eigenvalue weighted by Gasteiger charge is 2.17. The number of thioether (sulfide) groups is 1. The molecule has 0 fully saturated rings. The second-order valence-electron chi connectivity index (χ2n) is 4.40. The first-order valence-corrected chi connectivity index (χ1v) is 7.35. The third kappa shape index (κ3) is 2.99. The summed E-state index contributed by atoms with van der Waals surface area (Å²) < 4.78 is 26.5. The van der Waals surface area contributed by atoms with Crippen LogP contribution in [0.3, 0.4) is 0 Å². The van der Waals surface area contributed by atoms with Crippen molar-refractivity contribution in [3.63, 3.8) is 0 Å². The van der Waals surface area contributed by atoms with Crippen LogP contribution in [0.4, 0.5) is 14.6 Å². The molecule has 0 bridgehead atoms. The summed E-state index contributed by atoms with van der Waals surface area (Å²) in [5, 5.41) is 12.8. The molecule has 0 aliphatic heterocycles. The van der Waals surface area contributed by atoms with Gasteiger partial charge in [0.2, 0.25) is 0 Å². The number of halogens is 2. The smallest absolute Gasteiger partial charge is 0.161 e. The third-order valence-electron chi connectivity index (χ3n) is 3.08. The fraction of sp³-hybridized carbons (Fsp3) is 0.385. The Balaban J connectivity index is 2.37. The SMILES string of the molecule is CS[C@H](CO)[C@H](C)Nc1ncnc2cc(F)c(F)cc12. The summed E-state index contributed by atoms with van der Waals surface area (Å²) in [5.41, 5.74) is 0.332. The normalized spacial score (nSPS) is 14.2. The van der Waals surface area contributed by atoms with Gasteiger partial charge in [0.25, 0.3) is 0 Å². The molecule has 1 aromatic heterocycles. The molecule has 2 aromatic rings. The summed E-state index contributed by atoms with van der Waals surface area (Å²) in [6.07, 6.45) is 3.19. The second-order valence-corrected chi connectivity index (χ2v) is 5.47. The number of nitrogens with one attached hydrogen (secondary N) is 1. The lowest BCUT2D eigenvalue weighted by Gasteiger charge is -2.22. The molecule has 0 spiro atoms. The largest absolute Gasteiger partial charge is 0.395 e. The van der Waals surface area contributed by atoms with Crippen LogP contribution in [0.15, 0.2) is 18.5 Å². The van der Waals surface area contributed by atoms with Crippen molar-refractivity contribution in [2.45, 2.75) is 18.2 Å². The average molecular weight is 299 g/mol. The van der Waals surface area contributed by atoms with Crippen LogP contribution >= 0.6 is 11.8 Å². The van der Waals surface area contributed by atoms with Crippen molar-refractivity contribution in [2.75, 3.05) is 18.2 Å². The highest BCUT2D eigenvalue weighted by atomic mass is 32.2.